The van der Waals surface area contributed by atoms with Gasteiger partial charge in [0.2, 0.25) is 5.91 Å². The first kappa shape index (κ1) is 18.6. The van der Waals surface area contributed by atoms with Gasteiger partial charge in [0.15, 0.2) is 14.6 Å². The fraction of sp³-hybridized carbons (Fsp3) is 0.933. The molecule has 2 aliphatic rings. The monoisotopic (exact) mass is 347 g/mol. The SMILES string of the molecule is CC1(C)COCCN1CCNC(=O)C1(S(C)(=O)=O)CCNCC1. The Morgan fingerprint density at radius 1 is 1.30 bits per heavy atom. The highest BCUT2D eigenvalue weighted by molar-refractivity contribution is 7.92. The van der Waals surface area contributed by atoms with Crippen molar-refractivity contribution in [3.63, 3.8) is 0 Å². The Labute approximate surface area is 139 Å². The van der Waals surface area contributed by atoms with E-state index >= 15 is 0 Å². The van der Waals surface area contributed by atoms with Gasteiger partial charge in [-0.05, 0) is 39.8 Å². The van der Waals surface area contributed by atoms with Crippen molar-refractivity contribution in [2.45, 2.75) is 37.0 Å². The van der Waals surface area contributed by atoms with Crippen LogP contribution in [0.2, 0.25) is 0 Å². The van der Waals surface area contributed by atoms with E-state index in [1.54, 1.807) is 0 Å². The lowest BCUT2D eigenvalue weighted by atomic mass is 9.96. The van der Waals surface area contributed by atoms with Crippen LogP contribution in [0.4, 0.5) is 0 Å². The zero-order valence-corrected chi connectivity index (χ0v) is 15.2. The predicted octanol–water partition coefficient (Wildman–Crippen LogP) is -0.620. The van der Waals surface area contributed by atoms with Gasteiger partial charge >= 0.3 is 0 Å². The minimum absolute atomic E-state index is 0.0632. The molecule has 134 valence electrons. The summed E-state index contributed by atoms with van der Waals surface area (Å²) in [7, 11) is -3.45. The molecule has 1 amide bonds. The third kappa shape index (κ3) is 4.04. The summed E-state index contributed by atoms with van der Waals surface area (Å²) < 4.78 is 28.6. The van der Waals surface area contributed by atoms with E-state index in [0.717, 1.165) is 6.54 Å². The van der Waals surface area contributed by atoms with Crippen molar-refractivity contribution in [2.75, 3.05) is 52.2 Å². The average molecular weight is 347 g/mol. The summed E-state index contributed by atoms with van der Waals surface area (Å²) in [6.07, 6.45) is 1.84. The molecule has 0 atom stereocenters. The molecule has 2 rings (SSSR count). The minimum Gasteiger partial charge on any atom is -0.378 e. The molecule has 23 heavy (non-hydrogen) atoms. The highest BCUT2D eigenvalue weighted by Gasteiger charge is 2.48. The van der Waals surface area contributed by atoms with Crippen molar-refractivity contribution in [1.29, 1.82) is 0 Å². The molecule has 0 aromatic carbocycles. The van der Waals surface area contributed by atoms with Crippen molar-refractivity contribution in [2.24, 2.45) is 0 Å². The van der Waals surface area contributed by atoms with Gasteiger partial charge in [0.25, 0.3) is 0 Å². The van der Waals surface area contributed by atoms with E-state index in [9.17, 15) is 13.2 Å². The third-order valence-electron chi connectivity index (χ3n) is 5.02. The van der Waals surface area contributed by atoms with Gasteiger partial charge in [-0.3, -0.25) is 9.69 Å². The number of sulfone groups is 1. The van der Waals surface area contributed by atoms with Gasteiger partial charge < -0.3 is 15.4 Å². The van der Waals surface area contributed by atoms with E-state index in [0.29, 0.717) is 52.2 Å². The van der Waals surface area contributed by atoms with Gasteiger partial charge in [-0.15, -0.1) is 0 Å². The predicted molar refractivity (Wildman–Crippen MR) is 89.2 cm³/mol. The molecule has 8 heteroatoms. The molecule has 0 spiro atoms. The highest BCUT2D eigenvalue weighted by atomic mass is 32.2. The summed E-state index contributed by atoms with van der Waals surface area (Å²) >= 11 is 0. The lowest BCUT2D eigenvalue weighted by Crippen LogP contribution is -2.59. The molecule has 0 aliphatic carbocycles. The van der Waals surface area contributed by atoms with Crippen LogP contribution in [0.5, 0.6) is 0 Å². The first-order chi connectivity index (χ1) is 10.7. The number of nitrogens with one attached hydrogen (secondary N) is 2. The summed E-state index contributed by atoms with van der Waals surface area (Å²) in [5, 5.41) is 5.97. The van der Waals surface area contributed by atoms with Crippen LogP contribution < -0.4 is 10.6 Å². The van der Waals surface area contributed by atoms with Crippen molar-refractivity contribution < 1.29 is 17.9 Å². The minimum atomic E-state index is -3.45. The zero-order chi connectivity index (χ0) is 17.1. The smallest absolute Gasteiger partial charge is 0.241 e. The summed E-state index contributed by atoms with van der Waals surface area (Å²) in [5.74, 6) is -0.354. The molecular formula is C15H29N3O4S. The second-order valence-corrected chi connectivity index (χ2v) is 9.45. The first-order valence-electron chi connectivity index (χ1n) is 8.20. The van der Waals surface area contributed by atoms with Crippen LogP contribution in [0.3, 0.4) is 0 Å². The van der Waals surface area contributed by atoms with Crippen LogP contribution in [0.1, 0.15) is 26.7 Å². The number of piperidine rings is 1. The normalized spacial score (nSPS) is 25.0. The Morgan fingerprint density at radius 3 is 2.52 bits per heavy atom. The number of carbonyl (C=O) groups is 1. The number of nitrogens with zero attached hydrogens (tertiary/aromatic N) is 1. The van der Waals surface area contributed by atoms with Crippen molar-refractivity contribution in [3.8, 4) is 0 Å². The van der Waals surface area contributed by atoms with E-state index in [4.69, 9.17) is 4.74 Å². The van der Waals surface area contributed by atoms with Gasteiger partial charge in [-0.25, -0.2) is 8.42 Å². The van der Waals surface area contributed by atoms with Crippen molar-refractivity contribution in [1.82, 2.24) is 15.5 Å². The molecule has 0 aromatic rings. The Morgan fingerprint density at radius 2 is 1.96 bits per heavy atom. The Hall–Kier alpha value is -0.700. The molecule has 2 heterocycles. The van der Waals surface area contributed by atoms with Gasteiger partial charge in [0.05, 0.1) is 13.2 Å². The maximum Gasteiger partial charge on any atom is 0.241 e. The molecule has 0 saturated carbocycles. The van der Waals surface area contributed by atoms with E-state index in [-0.39, 0.29) is 11.4 Å². The standard InChI is InChI=1S/C15H29N3O4S/c1-14(2)12-22-11-10-18(14)9-8-17-13(19)15(23(3,20)21)4-6-16-7-5-15/h16H,4-12H2,1-3H3,(H,17,19). The number of rotatable bonds is 5. The molecule has 0 bridgehead atoms. The molecule has 2 fully saturated rings. The fourth-order valence-electron chi connectivity index (χ4n) is 3.37. The number of hydrogen-bond donors (Lipinski definition) is 2. The molecular weight excluding hydrogens is 318 g/mol. The van der Waals surface area contributed by atoms with Crippen LogP contribution >= 0.6 is 0 Å². The van der Waals surface area contributed by atoms with E-state index < -0.39 is 14.6 Å². The third-order valence-corrected chi connectivity index (χ3v) is 7.03. The first-order valence-corrected chi connectivity index (χ1v) is 10.1. The van der Waals surface area contributed by atoms with Crippen LogP contribution in [-0.4, -0.2) is 81.7 Å². The van der Waals surface area contributed by atoms with Crippen LogP contribution in [-0.2, 0) is 19.4 Å². The van der Waals surface area contributed by atoms with Gasteiger partial charge in [-0.2, -0.15) is 0 Å². The second kappa shape index (κ2) is 7.04. The Bertz CT molecular complexity index is 527. The van der Waals surface area contributed by atoms with Crippen LogP contribution in [0.25, 0.3) is 0 Å². The van der Waals surface area contributed by atoms with Gasteiger partial charge in [0, 0.05) is 31.4 Å². The van der Waals surface area contributed by atoms with E-state index in [1.807, 2.05) is 0 Å². The molecule has 2 saturated heterocycles. The highest BCUT2D eigenvalue weighted by Crippen LogP contribution is 2.28. The number of morpholine rings is 1. The molecule has 0 radical (unpaired) electrons. The average Bonchev–Trinajstić information content (AvgIpc) is 2.48. The molecule has 2 N–H and O–H groups in total. The Kier molecular flexibility index (Phi) is 5.71. The molecule has 7 nitrogen and oxygen atoms in total. The molecule has 0 aromatic heterocycles. The quantitative estimate of drug-likeness (QED) is 0.689. The van der Waals surface area contributed by atoms with Crippen LogP contribution in [0, 0.1) is 0 Å². The molecule has 0 unspecified atom stereocenters. The maximum absolute atomic E-state index is 12.6. The van der Waals surface area contributed by atoms with Crippen molar-refractivity contribution >= 4 is 15.7 Å². The summed E-state index contributed by atoms with van der Waals surface area (Å²) in [4.78, 5) is 14.9. The number of amides is 1. The largest absolute Gasteiger partial charge is 0.378 e. The second-order valence-electron chi connectivity index (χ2n) is 7.12. The summed E-state index contributed by atoms with van der Waals surface area (Å²) in [6.45, 7) is 8.65. The summed E-state index contributed by atoms with van der Waals surface area (Å²) in [5.41, 5.74) is -0.0632. The van der Waals surface area contributed by atoms with Gasteiger partial charge in [0.1, 0.15) is 0 Å². The Balaban J connectivity index is 1.95. The number of ether oxygens (including phenoxy) is 1. The molecule has 2 aliphatic heterocycles. The summed E-state index contributed by atoms with van der Waals surface area (Å²) in [6, 6.07) is 0. The number of hydrogen-bond acceptors (Lipinski definition) is 6. The topological polar surface area (TPSA) is 87.7 Å². The lowest BCUT2D eigenvalue weighted by molar-refractivity contribution is -0.124. The zero-order valence-electron chi connectivity index (χ0n) is 14.4. The maximum atomic E-state index is 12.6. The lowest BCUT2D eigenvalue weighted by Gasteiger charge is -2.42. The van der Waals surface area contributed by atoms with Crippen LogP contribution in [0.15, 0.2) is 0 Å². The fourth-order valence-corrected chi connectivity index (χ4v) is 4.72. The van der Waals surface area contributed by atoms with Gasteiger partial charge in [-0.1, -0.05) is 0 Å². The van der Waals surface area contributed by atoms with E-state index in [2.05, 4.69) is 29.4 Å². The van der Waals surface area contributed by atoms with Crippen molar-refractivity contribution in [3.05, 3.63) is 0 Å². The van der Waals surface area contributed by atoms with E-state index in [1.165, 1.54) is 6.26 Å². The number of carbonyl (C=O) groups excluding carboxylic acids is 1.